The zero-order valence-electron chi connectivity index (χ0n) is 12.5. The van der Waals surface area contributed by atoms with Crippen molar-refractivity contribution in [3.05, 3.63) is 29.3 Å². The second-order valence-corrected chi connectivity index (χ2v) is 6.58. The molecule has 3 N–H and O–H groups in total. The number of halogens is 1. The minimum Gasteiger partial charge on any atom is -0.337 e. The van der Waals surface area contributed by atoms with Gasteiger partial charge in [-0.1, -0.05) is 6.07 Å². The molecule has 7 heteroatoms. The Kier molecular flexibility index (Phi) is 5.61. The van der Waals surface area contributed by atoms with Crippen LogP contribution in [0.2, 0.25) is 0 Å². The topological polar surface area (TPSA) is 75.0 Å². The smallest absolute Gasteiger partial charge is 0.274 e. The molecule has 0 saturated carbocycles. The Balaban J connectivity index is 0.00000176. The summed E-state index contributed by atoms with van der Waals surface area (Å²) in [6, 6.07) is 6.05. The van der Waals surface area contributed by atoms with E-state index in [-0.39, 0.29) is 24.4 Å². The highest BCUT2D eigenvalue weighted by Gasteiger charge is 2.26. The van der Waals surface area contributed by atoms with Gasteiger partial charge in [0.05, 0.1) is 10.6 Å². The van der Waals surface area contributed by atoms with Crippen LogP contribution in [0.15, 0.2) is 23.6 Å². The lowest BCUT2D eigenvalue weighted by Crippen LogP contribution is -2.42. The SMILES string of the molecule is CC(N)C1CCN(C(=O)c2cc(-c3cccs3)[nH]n2)CC1.Cl. The van der Waals surface area contributed by atoms with Crippen LogP contribution in [0.4, 0.5) is 0 Å². The summed E-state index contributed by atoms with van der Waals surface area (Å²) in [4.78, 5) is 15.5. The maximum absolute atomic E-state index is 12.5. The van der Waals surface area contributed by atoms with Gasteiger partial charge in [-0.05, 0) is 43.2 Å². The quantitative estimate of drug-likeness (QED) is 0.902. The van der Waals surface area contributed by atoms with Gasteiger partial charge in [0.25, 0.3) is 5.91 Å². The molecule has 1 aliphatic heterocycles. The zero-order valence-corrected chi connectivity index (χ0v) is 14.1. The second-order valence-electron chi connectivity index (χ2n) is 5.63. The predicted molar refractivity (Wildman–Crippen MR) is 91.4 cm³/mol. The largest absolute Gasteiger partial charge is 0.337 e. The first-order valence-electron chi connectivity index (χ1n) is 7.29. The molecule has 0 aliphatic carbocycles. The Labute approximate surface area is 140 Å². The van der Waals surface area contributed by atoms with Crippen molar-refractivity contribution in [2.24, 2.45) is 11.7 Å². The molecule has 1 amide bonds. The molecule has 5 nitrogen and oxygen atoms in total. The Hall–Kier alpha value is -1.37. The van der Waals surface area contributed by atoms with Crippen molar-refractivity contribution in [2.45, 2.75) is 25.8 Å². The molecule has 1 atom stereocenters. The van der Waals surface area contributed by atoms with Crippen LogP contribution < -0.4 is 5.73 Å². The van der Waals surface area contributed by atoms with Crippen molar-refractivity contribution >= 4 is 29.7 Å². The van der Waals surface area contributed by atoms with E-state index in [1.165, 1.54) is 0 Å². The molecule has 1 saturated heterocycles. The summed E-state index contributed by atoms with van der Waals surface area (Å²) in [6.45, 7) is 3.58. The van der Waals surface area contributed by atoms with Crippen LogP contribution in [0.1, 0.15) is 30.3 Å². The van der Waals surface area contributed by atoms with Crippen LogP contribution in [0.3, 0.4) is 0 Å². The van der Waals surface area contributed by atoms with E-state index in [2.05, 4.69) is 10.2 Å². The number of aromatic nitrogens is 2. The Morgan fingerprint density at radius 3 is 2.82 bits per heavy atom. The zero-order chi connectivity index (χ0) is 14.8. The molecule has 3 heterocycles. The number of amides is 1. The second kappa shape index (κ2) is 7.26. The number of hydrogen-bond acceptors (Lipinski definition) is 4. The summed E-state index contributed by atoms with van der Waals surface area (Å²) in [5, 5.41) is 9.13. The summed E-state index contributed by atoms with van der Waals surface area (Å²) >= 11 is 1.63. The molecule has 0 aromatic carbocycles. The number of aromatic amines is 1. The first-order chi connectivity index (χ1) is 10.1. The van der Waals surface area contributed by atoms with Gasteiger partial charge in [-0.25, -0.2) is 0 Å². The van der Waals surface area contributed by atoms with E-state index in [9.17, 15) is 4.79 Å². The summed E-state index contributed by atoms with van der Waals surface area (Å²) in [6.07, 6.45) is 1.96. The third-order valence-corrected chi connectivity index (χ3v) is 5.06. The van der Waals surface area contributed by atoms with Gasteiger partial charge >= 0.3 is 0 Å². The molecule has 0 radical (unpaired) electrons. The third kappa shape index (κ3) is 3.51. The standard InChI is InChI=1S/C15H20N4OS.ClH/c1-10(16)11-4-6-19(7-5-11)15(20)13-9-12(17-18-13)14-3-2-8-21-14;/h2-3,8-11H,4-7,16H2,1H3,(H,17,18);1H. The third-order valence-electron chi connectivity index (χ3n) is 4.15. The maximum atomic E-state index is 12.5. The summed E-state index contributed by atoms with van der Waals surface area (Å²) in [5.74, 6) is 0.534. The lowest BCUT2D eigenvalue weighted by Gasteiger charge is -2.33. The van der Waals surface area contributed by atoms with Crippen molar-refractivity contribution in [2.75, 3.05) is 13.1 Å². The van der Waals surface area contributed by atoms with Gasteiger partial charge in [-0.15, -0.1) is 23.7 Å². The molecule has 0 bridgehead atoms. The number of likely N-dealkylation sites (tertiary alicyclic amines) is 1. The maximum Gasteiger partial charge on any atom is 0.274 e. The van der Waals surface area contributed by atoms with Gasteiger partial charge in [-0.3, -0.25) is 9.89 Å². The number of piperidine rings is 1. The van der Waals surface area contributed by atoms with E-state index in [1.54, 1.807) is 11.3 Å². The molecule has 1 fully saturated rings. The van der Waals surface area contributed by atoms with Crippen molar-refractivity contribution in [1.82, 2.24) is 15.1 Å². The fraction of sp³-hybridized carbons (Fsp3) is 0.467. The Bertz CT molecular complexity index is 603. The van der Waals surface area contributed by atoms with E-state index in [4.69, 9.17) is 5.73 Å². The number of nitrogens with two attached hydrogens (primary N) is 1. The number of thiophene rings is 1. The Morgan fingerprint density at radius 1 is 1.50 bits per heavy atom. The minimum absolute atomic E-state index is 0. The van der Waals surface area contributed by atoms with Crippen molar-refractivity contribution < 1.29 is 4.79 Å². The molecule has 0 spiro atoms. The highest BCUT2D eigenvalue weighted by atomic mass is 35.5. The van der Waals surface area contributed by atoms with Crippen LogP contribution in [0.25, 0.3) is 10.6 Å². The normalized spacial score (nSPS) is 17.1. The number of carbonyl (C=O) groups excluding carboxylic acids is 1. The van der Waals surface area contributed by atoms with Crippen LogP contribution in [-0.2, 0) is 0 Å². The average molecular weight is 341 g/mol. The lowest BCUT2D eigenvalue weighted by molar-refractivity contribution is 0.0675. The molecule has 1 unspecified atom stereocenters. The van der Waals surface area contributed by atoms with Gasteiger partial charge in [0.15, 0.2) is 5.69 Å². The average Bonchev–Trinajstić information content (AvgIpc) is 3.17. The number of nitrogens with one attached hydrogen (secondary N) is 1. The molecule has 2 aromatic rings. The van der Waals surface area contributed by atoms with Crippen molar-refractivity contribution in [3.8, 4) is 10.6 Å². The molecule has 22 heavy (non-hydrogen) atoms. The summed E-state index contributed by atoms with van der Waals surface area (Å²) in [5.41, 5.74) is 7.34. The van der Waals surface area contributed by atoms with Crippen LogP contribution in [0.5, 0.6) is 0 Å². The fourth-order valence-corrected chi connectivity index (χ4v) is 3.47. The number of rotatable bonds is 3. The van der Waals surface area contributed by atoms with Crippen molar-refractivity contribution in [1.29, 1.82) is 0 Å². The number of carbonyl (C=O) groups is 1. The van der Waals surface area contributed by atoms with Crippen molar-refractivity contribution in [3.63, 3.8) is 0 Å². The van der Waals surface area contributed by atoms with E-state index in [1.807, 2.05) is 35.4 Å². The fourth-order valence-electron chi connectivity index (χ4n) is 2.78. The first kappa shape index (κ1) is 17.0. The number of hydrogen-bond donors (Lipinski definition) is 2. The van der Waals surface area contributed by atoms with Gasteiger partial charge in [0.1, 0.15) is 0 Å². The van der Waals surface area contributed by atoms with E-state index >= 15 is 0 Å². The monoisotopic (exact) mass is 340 g/mol. The molecular weight excluding hydrogens is 320 g/mol. The molecule has 3 rings (SSSR count). The number of H-pyrrole nitrogens is 1. The highest BCUT2D eigenvalue weighted by Crippen LogP contribution is 2.24. The predicted octanol–water partition coefficient (Wildman–Crippen LogP) is 2.76. The first-order valence-corrected chi connectivity index (χ1v) is 8.17. The lowest BCUT2D eigenvalue weighted by atomic mass is 9.91. The van der Waals surface area contributed by atoms with Gasteiger partial charge in [0, 0.05) is 19.1 Å². The van der Waals surface area contributed by atoms with Gasteiger partial charge in [0.2, 0.25) is 0 Å². The summed E-state index contributed by atoms with van der Waals surface area (Å²) < 4.78 is 0. The minimum atomic E-state index is 0. The van der Waals surface area contributed by atoms with E-state index in [0.717, 1.165) is 36.5 Å². The summed E-state index contributed by atoms with van der Waals surface area (Å²) in [7, 11) is 0. The van der Waals surface area contributed by atoms with Crippen LogP contribution >= 0.6 is 23.7 Å². The van der Waals surface area contributed by atoms with Crippen LogP contribution in [0, 0.1) is 5.92 Å². The number of nitrogens with zero attached hydrogens (tertiary/aromatic N) is 2. The van der Waals surface area contributed by atoms with E-state index in [0.29, 0.717) is 11.6 Å². The molecule has 1 aliphatic rings. The molecular formula is C15H21ClN4OS. The van der Waals surface area contributed by atoms with Gasteiger partial charge in [-0.2, -0.15) is 5.10 Å². The molecule has 2 aromatic heterocycles. The van der Waals surface area contributed by atoms with Crippen LogP contribution in [-0.4, -0.2) is 40.1 Å². The van der Waals surface area contributed by atoms with E-state index < -0.39 is 0 Å². The molecule has 120 valence electrons. The highest BCUT2D eigenvalue weighted by molar-refractivity contribution is 7.13. The Morgan fingerprint density at radius 2 is 2.23 bits per heavy atom. The van der Waals surface area contributed by atoms with Gasteiger partial charge < -0.3 is 10.6 Å².